The van der Waals surface area contributed by atoms with E-state index >= 15 is 0 Å². The quantitative estimate of drug-likeness (QED) is 0.468. The van der Waals surface area contributed by atoms with Gasteiger partial charge in [0.15, 0.2) is 10.8 Å². The summed E-state index contributed by atoms with van der Waals surface area (Å²) in [5.41, 5.74) is 1.22. The van der Waals surface area contributed by atoms with Gasteiger partial charge >= 0.3 is 5.97 Å². The van der Waals surface area contributed by atoms with E-state index in [2.05, 4.69) is 31.1 Å². The number of nitrogens with one attached hydrogen (secondary N) is 1. The van der Waals surface area contributed by atoms with Gasteiger partial charge in [-0.3, -0.25) is 9.89 Å². The van der Waals surface area contributed by atoms with E-state index in [1.807, 2.05) is 5.38 Å². The Hall–Kier alpha value is -1.88. The van der Waals surface area contributed by atoms with Crippen molar-refractivity contribution >= 4 is 39.1 Å². The fraction of sp³-hybridized carbons (Fsp3) is 0.476. The van der Waals surface area contributed by atoms with Crippen molar-refractivity contribution in [2.75, 3.05) is 39.5 Å². The summed E-state index contributed by atoms with van der Waals surface area (Å²) in [6, 6.07) is -0.541. The summed E-state index contributed by atoms with van der Waals surface area (Å²) in [6.45, 7) is 5.42. The number of aromatic nitrogens is 1. The number of allylic oxidation sites excluding steroid dienone is 3. The summed E-state index contributed by atoms with van der Waals surface area (Å²) in [5.74, 6) is -0.366. The molecule has 2 aliphatic heterocycles. The SMILES string of the molecule is CCOC(=O)C1=C(CN2CCOCC2)NC(c2nccs2)=NC1C1C=CC(F)=CC1Br. The number of morpholine rings is 1. The summed E-state index contributed by atoms with van der Waals surface area (Å²) in [4.78, 5) is 24.3. The van der Waals surface area contributed by atoms with Gasteiger partial charge in [-0.05, 0) is 19.1 Å². The fourth-order valence-electron chi connectivity index (χ4n) is 3.82. The molecule has 1 fully saturated rings. The maximum atomic E-state index is 13.8. The van der Waals surface area contributed by atoms with Gasteiger partial charge in [0.25, 0.3) is 0 Å². The monoisotopic (exact) mass is 510 g/mol. The largest absolute Gasteiger partial charge is 0.463 e. The highest BCUT2D eigenvalue weighted by molar-refractivity contribution is 9.09. The highest BCUT2D eigenvalue weighted by atomic mass is 79.9. The number of esters is 1. The molecule has 1 aromatic heterocycles. The van der Waals surface area contributed by atoms with Crippen LogP contribution < -0.4 is 5.32 Å². The van der Waals surface area contributed by atoms with Crippen LogP contribution in [0.5, 0.6) is 0 Å². The molecular formula is C21H24BrFN4O3S. The maximum absolute atomic E-state index is 13.8. The second kappa shape index (κ2) is 10.2. The van der Waals surface area contributed by atoms with Gasteiger partial charge in [-0.2, -0.15) is 0 Å². The minimum Gasteiger partial charge on any atom is -0.463 e. The molecule has 3 aliphatic rings. The molecule has 1 aromatic rings. The van der Waals surface area contributed by atoms with Gasteiger partial charge in [-0.15, -0.1) is 11.3 Å². The lowest BCUT2D eigenvalue weighted by molar-refractivity contribution is -0.139. The van der Waals surface area contributed by atoms with E-state index in [0.717, 1.165) is 23.8 Å². The summed E-state index contributed by atoms with van der Waals surface area (Å²) >= 11 is 5.03. The van der Waals surface area contributed by atoms with E-state index in [9.17, 15) is 9.18 Å². The number of halogens is 2. The van der Waals surface area contributed by atoms with Gasteiger partial charge < -0.3 is 14.8 Å². The molecule has 4 rings (SSSR count). The van der Waals surface area contributed by atoms with Crippen LogP contribution >= 0.6 is 27.3 Å². The number of carbonyl (C=O) groups is 1. The van der Waals surface area contributed by atoms with Gasteiger partial charge in [-0.1, -0.05) is 22.0 Å². The van der Waals surface area contributed by atoms with Crippen molar-refractivity contribution in [3.05, 3.63) is 51.9 Å². The molecule has 7 nitrogen and oxygen atoms in total. The third-order valence-electron chi connectivity index (χ3n) is 5.30. The van der Waals surface area contributed by atoms with E-state index in [1.165, 1.54) is 23.5 Å². The normalized spacial score (nSPS) is 26.9. The Kier molecular flexibility index (Phi) is 7.31. The molecule has 0 saturated carbocycles. The maximum Gasteiger partial charge on any atom is 0.338 e. The predicted molar refractivity (Wildman–Crippen MR) is 121 cm³/mol. The molecule has 0 aromatic carbocycles. The fourth-order valence-corrected chi connectivity index (χ4v) is 5.13. The number of rotatable bonds is 6. The van der Waals surface area contributed by atoms with Gasteiger partial charge in [0.2, 0.25) is 0 Å². The van der Waals surface area contributed by atoms with E-state index in [0.29, 0.717) is 31.2 Å². The molecule has 0 bridgehead atoms. The number of thiazole rings is 1. The van der Waals surface area contributed by atoms with E-state index in [4.69, 9.17) is 14.5 Å². The molecule has 0 spiro atoms. The van der Waals surface area contributed by atoms with Crippen LogP contribution in [0.3, 0.4) is 0 Å². The topological polar surface area (TPSA) is 76.0 Å². The van der Waals surface area contributed by atoms with E-state index < -0.39 is 12.0 Å². The summed E-state index contributed by atoms with van der Waals surface area (Å²) in [5, 5.41) is 5.97. The zero-order valence-electron chi connectivity index (χ0n) is 17.1. The molecule has 3 unspecified atom stereocenters. The molecule has 0 amide bonds. The van der Waals surface area contributed by atoms with E-state index in [1.54, 1.807) is 19.2 Å². The van der Waals surface area contributed by atoms with Gasteiger partial charge in [0.1, 0.15) is 5.83 Å². The van der Waals surface area contributed by atoms with Crippen molar-refractivity contribution in [3.8, 4) is 0 Å². The Morgan fingerprint density at radius 1 is 1.45 bits per heavy atom. The highest BCUT2D eigenvalue weighted by Crippen LogP contribution is 2.35. The van der Waals surface area contributed by atoms with Gasteiger partial charge in [-0.25, -0.2) is 14.2 Å². The second-order valence-electron chi connectivity index (χ2n) is 7.32. The molecule has 1 saturated heterocycles. The van der Waals surface area contributed by atoms with Crippen LogP contribution in [-0.2, 0) is 14.3 Å². The Labute approximate surface area is 192 Å². The Bertz CT molecular complexity index is 925. The molecule has 3 heterocycles. The second-order valence-corrected chi connectivity index (χ2v) is 9.27. The average Bonchev–Trinajstić information content (AvgIpc) is 3.29. The lowest BCUT2D eigenvalue weighted by Gasteiger charge is -2.35. The van der Waals surface area contributed by atoms with Crippen LogP contribution in [-0.4, -0.2) is 72.0 Å². The molecule has 31 heavy (non-hydrogen) atoms. The van der Waals surface area contributed by atoms with Gasteiger partial charge in [0.05, 0.1) is 31.4 Å². The number of nitrogens with zero attached hydrogens (tertiary/aromatic N) is 3. The molecule has 1 aliphatic carbocycles. The van der Waals surface area contributed by atoms with Crippen LogP contribution in [0.4, 0.5) is 4.39 Å². The molecule has 0 radical (unpaired) electrons. The van der Waals surface area contributed by atoms with Crippen molar-refractivity contribution < 1.29 is 18.7 Å². The summed E-state index contributed by atoms with van der Waals surface area (Å²) < 4.78 is 24.7. The van der Waals surface area contributed by atoms with Crippen molar-refractivity contribution in [2.45, 2.75) is 17.8 Å². The molecule has 3 atom stereocenters. The van der Waals surface area contributed by atoms with Crippen molar-refractivity contribution in [1.29, 1.82) is 0 Å². The number of ether oxygens (including phenoxy) is 2. The van der Waals surface area contributed by atoms with E-state index in [-0.39, 0.29) is 23.2 Å². The zero-order valence-corrected chi connectivity index (χ0v) is 19.5. The number of aliphatic imine (C=N–C) groups is 1. The van der Waals surface area contributed by atoms with Crippen molar-refractivity contribution in [2.24, 2.45) is 10.9 Å². The first-order valence-electron chi connectivity index (χ1n) is 10.2. The summed E-state index contributed by atoms with van der Waals surface area (Å²) in [6.07, 6.45) is 6.40. The highest BCUT2D eigenvalue weighted by Gasteiger charge is 2.39. The lowest BCUT2D eigenvalue weighted by atomic mass is 9.85. The Balaban J connectivity index is 1.75. The smallest absolute Gasteiger partial charge is 0.338 e. The number of hydrogen-bond acceptors (Lipinski definition) is 8. The molecular weight excluding hydrogens is 487 g/mol. The standard InChI is InChI=1S/C21H24BrFN4O3S/c1-2-30-21(28)17-16(12-27-6-8-29-9-7-27)25-19(20-24-5-10-31-20)26-18(17)14-4-3-13(23)11-15(14)22/h3-5,10-11,14-15,18H,2,6-9,12H2,1H3,(H,25,26). The summed E-state index contributed by atoms with van der Waals surface area (Å²) in [7, 11) is 0. The number of carbonyl (C=O) groups excluding carboxylic acids is 1. The van der Waals surface area contributed by atoms with Crippen molar-refractivity contribution in [1.82, 2.24) is 15.2 Å². The van der Waals surface area contributed by atoms with Crippen LogP contribution in [0.2, 0.25) is 0 Å². The molecule has 1 N–H and O–H groups in total. The number of amidine groups is 1. The third-order valence-corrected chi connectivity index (χ3v) is 6.96. The number of alkyl halides is 1. The predicted octanol–water partition coefficient (Wildman–Crippen LogP) is 2.81. The molecule has 10 heteroatoms. The van der Waals surface area contributed by atoms with Gasteiger partial charge in [0, 0.05) is 47.7 Å². The minimum atomic E-state index is -0.541. The van der Waals surface area contributed by atoms with Crippen LogP contribution in [0.25, 0.3) is 0 Å². The van der Waals surface area contributed by atoms with Crippen LogP contribution in [0.1, 0.15) is 11.9 Å². The number of hydrogen-bond donors (Lipinski definition) is 1. The Morgan fingerprint density at radius 3 is 2.94 bits per heavy atom. The molecule has 166 valence electrons. The average molecular weight is 511 g/mol. The van der Waals surface area contributed by atoms with Crippen LogP contribution in [0.15, 0.2) is 51.9 Å². The van der Waals surface area contributed by atoms with Crippen molar-refractivity contribution in [3.63, 3.8) is 0 Å². The minimum absolute atomic E-state index is 0.254. The lowest BCUT2D eigenvalue weighted by Crippen LogP contribution is -2.46. The first-order chi connectivity index (χ1) is 15.1. The first kappa shape index (κ1) is 22.3. The Morgan fingerprint density at radius 2 is 2.26 bits per heavy atom. The first-order valence-corrected chi connectivity index (χ1v) is 12.0. The zero-order chi connectivity index (χ0) is 21.8. The van der Waals surface area contributed by atoms with Crippen LogP contribution in [0, 0.1) is 5.92 Å². The third kappa shape index (κ3) is 5.14.